The van der Waals surface area contributed by atoms with Crippen molar-refractivity contribution in [1.82, 2.24) is 19.9 Å². The van der Waals surface area contributed by atoms with Crippen LogP contribution in [0.3, 0.4) is 0 Å². The molecule has 0 atom stereocenters. The van der Waals surface area contributed by atoms with E-state index in [2.05, 4.69) is 20.2 Å². The number of rotatable bonds is 6. The average Bonchev–Trinajstić information content (AvgIpc) is 3.61. The number of aliphatic hydroxyl groups is 2. The Bertz CT molecular complexity index is 1500. The molecule has 12 nitrogen and oxygen atoms in total. The first kappa shape index (κ1) is 28.2. The van der Waals surface area contributed by atoms with Crippen molar-refractivity contribution in [3.05, 3.63) is 42.0 Å². The van der Waals surface area contributed by atoms with Crippen LogP contribution in [0, 0.1) is 6.92 Å². The van der Waals surface area contributed by atoms with Crippen molar-refractivity contribution < 1.29 is 24.2 Å². The van der Waals surface area contributed by atoms with Crippen LogP contribution in [-0.2, 0) is 4.74 Å². The number of pyridine rings is 2. The molecule has 4 aromatic heterocycles. The molecule has 0 aromatic carbocycles. The summed E-state index contributed by atoms with van der Waals surface area (Å²) in [5.41, 5.74) is 1.53. The summed E-state index contributed by atoms with van der Waals surface area (Å²) in [5, 5.41) is 23.9. The minimum atomic E-state index is -1.12. The van der Waals surface area contributed by atoms with Gasteiger partial charge in [0.05, 0.1) is 42.0 Å². The van der Waals surface area contributed by atoms with E-state index in [1.165, 1.54) is 17.5 Å². The first-order valence-corrected chi connectivity index (χ1v) is 13.7. The van der Waals surface area contributed by atoms with E-state index in [-0.39, 0.29) is 24.8 Å². The van der Waals surface area contributed by atoms with Gasteiger partial charge in [0.25, 0.3) is 5.91 Å². The van der Waals surface area contributed by atoms with Gasteiger partial charge in [-0.2, -0.15) is 4.98 Å². The van der Waals surface area contributed by atoms with Crippen LogP contribution in [-0.4, -0.2) is 87.7 Å². The van der Waals surface area contributed by atoms with Crippen LogP contribution in [0.25, 0.3) is 21.8 Å². The lowest BCUT2D eigenvalue weighted by atomic mass is 9.92. The molecule has 2 fully saturated rings. The summed E-state index contributed by atoms with van der Waals surface area (Å²) >= 11 is 1.51. The molecule has 212 valence electrons. The molecule has 3 N–H and O–H groups in total. The van der Waals surface area contributed by atoms with Gasteiger partial charge in [0.2, 0.25) is 11.7 Å². The molecule has 0 aliphatic carbocycles. The van der Waals surface area contributed by atoms with Crippen molar-refractivity contribution in [2.75, 3.05) is 61.1 Å². The highest BCUT2D eigenvalue weighted by Gasteiger charge is 2.33. The van der Waals surface area contributed by atoms with Crippen LogP contribution in [0.15, 0.2) is 35.0 Å². The number of carbonyl (C=O) groups is 1. The lowest BCUT2D eigenvalue weighted by Gasteiger charge is -2.38. The van der Waals surface area contributed by atoms with Crippen molar-refractivity contribution in [2.45, 2.75) is 25.4 Å². The number of anilines is 3. The van der Waals surface area contributed by atoms with E-state index in [9.17, 15) is 15.0 Å². The lowest BCUT2D eigenvalue weighted by molar-refractivity contribution is -0.0326. The fraction of sp³-hybridized carbons (Fsp3) is 0.423. The van der Waals surface area contributed by atoms with Gasteiger partial charge in [0.1, 0.15) is 0 Å². The number of aliphatic hydroxyl groups excluding tert-OH is 1. The van der Waals surface area contributed by atoms with E-state index >= 15 is 0 Å². The minimum Gasteiger partial charge on any atom is -0.431 e. The van der Waals surface area contributed by atoms with Gasteiger partial charge in [-0.25, -0.2) is 9.97 Å². The van der Waals surface area contributed by atoms with Crippen molar-refractivity contribution in [1.29, 1.82) is 0 Å². The third kappa shape index (κ3) is 5.74. The van der Waals surface area contributed by atoms with E-state index in [4.69, 9.17) is 19.1 Å². The number of morpholine rings is 1. The number of thiazole rings is 1. The van der Waals surface area contributed by atoms with Gasteiger partial charge < -0.3 is 34.5 Å². The number of hydrogen-bond acceptors (Lipinski definition) is 12. The zero-order chi connectivity index (χ0) is 27.0. The Morgan fingerprint density at radius 2 is 1.90 bits per heavy atom. The molecule has 2 aliphatic rings. The third-order valence-corrected chi connectivity index (χ3v) is 8.09. The normalized spacial score (nSPS) is 17.1. The topological polar surface area (TPSA) is 150 Å². The monoisotopic (exact) mass is 587 g/mol. The fourth-order valence-corrected chi connectivity index (χ4v) is 5.73. The summed E-state index contributed by atoms with van der Waals surface area (Å²) in [7, 11) is 0. The second-order valence-corrected chi connectivity index (χ2v) is 10.8. The van der Waals surface area contributed by atoms with E-state index in [1.807, 2.05) is 24.0 Å². The van der Waals surface area contributed by atoms with Gasteiger partial charge in [-0.05, 0) is 38.0 Å². The van der Waals surface area contributed by atoms with Crippen molar-refractivity contribution in [3.8, 4) is 11.5 Å². The summed E-state index contributed by atoms with van der Waals surface area (Å²) in [6.07, 6.45) is 3.82. The molecule has 14 heteroatoms. The molecule has 6 heterocycles. The Morgan fingerprint density at radius 1 is 1.12 bits per heavy atom. The number of nitrogens with zero attached hydrogens (tertiary/aromatic N) is 6. The summed E-state index contributed by atoms with van der Waals surface area (Å²) in [6.45, 7) is 5.32. The molecular weight excluding hydrogens is 558 g/mol. The van der Waals surface area contributed by atoms with Gasteiger partial charge in [-0.1, -0.05) is 11.3 Å². The van der Waals surface area contributed by atoms with Gasteiger partial charge in [-0.15, -0.1) is 12.4 Å². The van der Waals surface area contributed by atoms with E-state index in [1.54, 1.807) is 12.3 Å². The number of nitrogens with one attached hydrogen (secondary N) is 1. The van der Waals surface area contributed by atoms with Crippen molar-refractivity contribution in [3.63, 3.8) is 0 Å². The van der Waals surface area contributed by atoms with Crippen LogP contribution in [0.2, 0.25) is 0 Å². The molecule has 2 aliphatic heterocycles. The van der Waals surface area contributed by atoms with Crippen LogP contribution < -0.4 is 15.1 Å². The van der Waals surface area contributed by atoms with Crippen LogP contribution in [0.4, 0.5) is 16.6 Å². The summed E-state index contributed by atoms with van der Waals surface area (Å²) in [6, 6.07) is 5.49. The van der Waals surface area contributed by atoms with Crippen LogP contribution in [0.5, 0.6) is 0 Å². The fourth-order valence-electron chi connectivity index (χ4n) is 4.73. The number of carbonyl (C=O) groups excluding carboxylic acids is 1. The number of amides is 1. The second kappa shape index (κ2) is 11.6. The smallest absolute Gasteiger partial charge is 0.293 e. The second-order valence-electron chi connectivity index (χ2n) is 9.82. The van der Waals surface area contributed by atoms with E-state index in [0.717, 1.165) is 34.2 Å². The molecule has 40 heavy (non-hydrogen) atoms. The maximum absolute atomic E-state index is 13.3. The highest BCUT2D eigenvalue weighted by Crippen LogP contribution is 2.36. The quantitative estimate of drug-likeness (QED) is 0.305. The van der Waals surface area contributed by atoms with Crippen LogP contribution in [0.1, 0.15) is 29.1 Å². The minimum absolute atomic E-state index is 0. The molecule has 4 aromatic rings. The Labute approximate surface area is 240 Å². The molecule has 0 bridgehead atoms. The number of oxazole rings is 1. The zero-order valence-electron chi connectivity index (χ0n) is 21.9. The third-order valence-electron chi connectivity index (χ3n) is 7.04. The molecule has 1 amide bonds. The Morgan fingerprint density at radius 3 is 2.62 bits per heavy atom. The Kier molecular flexibility index (Phi) is 8.19. The van der Waals surface area contributed by atoms with Crippen LogP contribution >= 0.6 is 23.7 Å². The average molecular weight is 588 g/mol. The summed E-state index contributed by atoms with van der Waals surface area (Å²) in [5.74, 6) is 0.497. The maximum atomic E-state index is 13.3. The predicted octanol–water partition coefficient (Wildman–Crippen LogP) is 2.88. The summed E-state index contributed by atoms with van der Waals surface area (Å²) in [4.78, 5) is 35.5. The number of fused-ring (bicyclic) bond motifs is 1. The molecule has 0 unspecified atom stereocenters. The van der Waals surface area contributed by atoms with E-state index in [0.29, 0.717) is 62.2 Å². The number of ether oxygens (including phenoxy) is 1. The van der Waals surface area contributed by atoms with Gasteiger partial charge >= 0.3 is 0 Å². The molecule has 0 spiro atoms. The number of halogens is 1. The molecule has 2 saturated heterocycles. The van der Waals surface area contributed by atoms with Gasteiger partial charge in [0.15, 0.2) is 16.6 Å². The summed E-state index contributed by atoms with van der Waals surface area (Å²) < 4.78 is 12.1. The van der Waals surface area contributed by atoms with Crippen molar-refractivity contribution >= 4 is 56.6 Å². The first-order chi connectivity index (χ1) is 18.9. The Hall–Kier alpha value is -3.36. The number of aryl methyl sites for hydroxylation is 1. The SMILES string of the molecule is Cc1cc(-c2ncc(C(=O)Nc3cc4sc(N5CCOCC5)nc4nc3N3CCC(O)(CO)CC3)o2)ccn1.Cl. The number of aromatic nitrogens is 4. The lowest BCUT2D eigenvalue weighted by Crippen LogP contribution is -2.47. The highest BCUT2D eigenvalue weighted by atomic mass is 35.5. The van der Waals surface area contributed by atoms with Crippen molar-refractivity contribution in [2.24, 2.45) is 0 Å². The molecule has 0 saturated carbocycles. The zero-order valence-corrected chi connectivity index (χ0v) is 23.5. The maximum Gasteiger partial charge on any atom is 0.293 e. The molecule has 6 rings (SSSR count). The Balaban J connectivity index is 0.00000323. The molecular formula is C26H30ClN7O5S. The van der Waals surface area contributed by atoms with Gasteiger partial charge in [-0.3, -0.25) is 9.78 Å². The standard InChI is InChI=1S/C26H29N7O5S.ClH/c1-16-12-17(2-5-27-16)24-28-14-19(38-24)23(35)29-18-13-20-21(31-25(39-20)33-8-10-37-11-9-33)30-22(18)32-6-3-26(36,15-34)4-7-32;/h2,5,12-14,34,36H,3-4,6-11,15H2,1H3,(H,29,35);1H. The first-order valence-electron chi connectivity index (χ1n) is 12.8. The van der Waals surface area contributed by atoms with E-state index < -0.39 is 11.5 Å². The molecule has 0 radical (unpaired) electrons. The number of hydrogen-bond donors (Lipinski definition) is 3. The predicted molar refractivity (Wildman–Crippen MR) is 154 cm³/mol. The highest BCUT2D eigenvalue weighted by molar-refractivity contribution is 7.22. The number of piperidine rings is 1. The van der Waals surface area contributed by atoms with Gasteiger partial charge in [0, 0.05) is 43.6 Å². The largest absolute Gasteiger partial charge is 0.431 e.